The molecule has 0 spiro atoms. The first-order valence-corrected chi connectivity index (χ1v) is 11.4. The van der Waals surface area contributed by atoms with Crippen LogP contribution in [0.2, 0.25) is 0 Å². The van der Waals surface area contributed by atoms with Gasteiger partial charge in [-0.1, -0.05) is 68.1 Å². The van der Waals surface area contributed by atoms with E-state index in [0.717, 1.165) is 25.2 Å². The summed E-state index contributed by atoms with van der Waals surface area (Å²) in [6, 6.07) is 19.4. The van der Waals surface area contributed by atoms with Crippen molar-refractivity contribution in [3.8, 4) is 5.75 Å². The molecular formula is C26H38ClNO. The molecule has 0 atom stereocenters. The molecule has 2 aromatic carbocycles. The van der Waals surface area contributed by atoms with Crippen LogP contribution in [0.15, 0.2) is 54.6 Å². The second-order valence-electron chi connectivity index (χ2n) is 8.15. The molecule has 0 radical (unpaired) electrons. The highest BCUT2D eigenvalue weighted by Crippen LogP contribution is 2.15. The average Bonchev–Trinajstić information content (AvgIpc) is 2.76. The van der Waals surface area contributed by atoms with Gasteiger partial charge in [0.15, 0.2) is 0 Å². The van der Waals surface area contributed by atoms with Crippen LogP contribution >= 0.6 is 12.4 Å². The minimum atomic E-state index is 0. The maximum absolute atomic E-state index is 5.92. The number of benzene rings is 2. The highest BCUT2D eigenvalue weighted by Gasteiger charge is 2.08. The minimum absolute atomic E-state index is 0. The summed E-state index contributed by atoms with van der Waals surface area (Å²) >= 11 is 0. The molecule has 0 amide bonds. The maximum atomic E-state index is 5.92. The van der Waals surface area contributed by atoms with Gasteiger partial charge in [0.05, 0.1) is 6.61 Å². The van der Waals surface area contributed by atoms with Crippen LogP contribution in [-0.2, 0) is 12.8 Å². The molecule has 1 aliphatic heterocycles. The monoisotopic (exact) mass is 415 g/mol. The summed E-state index contributed by atoms with van der Waals surface area (Å²) in [5.74, 6) is 1.01. The van der Waals surface area contributed by atoms with Crippen molar-refractivity contribution in [3.05, 3.63) is 65.7 Å². The zero-order valence-corrected chi connectivity index (χ0v) is 18.7. The molecule has 1 heterocycles. The van der Waals surface area contributed by atoms with Gasteiger partial charge in [0, 0.05) is 0 Å². The lowest BCUT2D eigenvalue weighted by Gasteiger charge is -2.26. The highest BCUT2D eigenvalue weighted by atomic mass is 35.5. The fourth-order valence-electron chi connectivity index (χ4n) is 4.03. The van der Waals surface area contributed by atoms with E-state index in [1.165, 1.54) is 82.1 Å². The van der Waals surface area contributed by atoms with E-state index in [0.29, 0.717) is 0 Å². The third-order valence-corrected chi connectivity index (χ3v) is 5.80. The highest BCUT2D eigenvalue weighted by molar-refractivity contribution is 5.85. The second-order valence-corrected chi connectivity index (χ2v) is 8.15. The Kier molecular flexibility index (Phi) is 11.9. The molecule has 0 unspecified atom stereocenters. The van der Waals surface area contributed by atoms with Gasteiger partial charge in [-0.25, -0.2) is 0 Å². The topological polar surface area (TPSA) is 12.5 Å². The first-order chi connectivity index (χ1) is 13.9. The van der Waals surface area contributed by atoms with Crippen LogP contribution in [0.25, 0.3) is 0 Å². The largest absolute Gasteiger partial charge is 0.494 e. The Labute approximate surface area is 184 Å². The third-order valence-electron chi connectivity index (χ3n) is 5.80. The second kappa shape index (κ2) is 14.5. The minimum Gasteiger partial charge on any atom is -0.494 e. The fourth-order valence-corrected chi connectivity index (χ4v) is 4.03. The summed E-state index contributed by atoms with van der Waals surface area (Å²) in [7, 11) is 0. The average molecular weight is 416 g/mol. The summed E-state index contributed by atoms with van der Waals surface area (Å²) < 4.78 is 5.92. The summed E-state index contributed by atoms with van der Waals surface area (Å²) in [4.78, 5) is 2.65. The summed E-state index contributed by atoms with van der Waals surface area (Å²) in [5.41, 5.74) is 2.78. The molecule has 3 heteroatoms. The van der Waals surface area contributed by atoms with Crippen molar-refractivity contribution in [3.63, 3.8) is 0 Å². The van der Waals surface area contributed by atoms with Gasteiger partial charge in [-0.3, -0.25) is 0 Å². The lowest BCUT2D eigenvalue weighted by atomic mass is 10.0. The molecule has 2 nitrogen and oxygen atoms in total. The molecule has 0 N–H and O–H groups in total. The number of nitrogens with zero attached hydrogens (tertiary/aromatic N) is 1. The molecule has 1 saturated heterocycles. The van der Waals surface area contributed by atoms with Gasteiger partial charge in [0.25, 0.3) is 0 Å². The van der Waals surface area contributed by atoms with E-state index in [9.17, 15) is 0 Å². The van der Waals surface area contributed by atoms with Crippen LogP contribution in [0, 0.1) is 0 Å². The number of unbranched alkanes of at least 4 members (excludes halogenated alkanes) is 4. The first-order valence-electron chi connectivity index (χ1n) is 11.4. The molecule has 0 aromatic heterocycles. The van der Waals surface area contributed by atoms with Crippen molar-refractivity contribution >= 4 is 12.4 Å². The number of piperidine rings is 1. The van der Waals surface area contributed by atoms with Gasteiger partial charge in [-0.15, -0.1) is 12.4 Å². The van der Waals surface area contributed by atoms with E-state index in [-0.39, 0.29) is 12.4 Å². The smallest absolute Gasteiger partial charge is 0.119 e. The quantitative estimate of drug-likeness (QED) is 0.357. The van der Waals surface area contributed by atoms with Gasteiger partial charge in [0.2, 0.25) is 0 Å². The van der Waals surface area contributed by atoms with Gasteiger partial charge in [0.1, 0.15) is 5.75 Å². The zero-order valence-electron chi connectivity index (χ0n) is 17.9. The molecule has 0 aliphatic carbocycles. The van der Waals surface area contributed by atoms with Crippen LogP contribution in [0.5, 0.6) is 5.75 Å². The van der Waals surface area contributed by atoms with E-state index in [2.05, 4.69) is 59.5 Å². The van der Waals surface area contributed by atoms with E-state index in [1.807, 2.05) is 0 Å². The Balaban J connectivity index is 0.00000300. The lowest BCUT2D eigenvalue weighted by Crippen LogP contribution is -2.30. The van der Waals surface area contributed by atoms with Gasteiger partial charge < -0.3 is 9.64 Å². The van der Waals surface area contributed by atoms with E-state index < -0.39 is 0 Å². The Morgan fingerprint density at radius 2 is 1.28 bits per heavy atom. The Bertz CT molecular complexity index is 638. The predicted octanol–water partition coefficient (Wildman–Crippen LogP) is 6.71. The summed E-state index contributed by atoms with van der Waals surface area (Å²) in [6.45, 7) is 4.82. The van der Waals surface area contributed by atoms with E-state index in [4.69, 9.17) is 4.74 Å². The van der Waals surface area contributed by atoms with Crippen molar-refractivity contribution in [1.82, 2.24) is 4.90 Å². The summed E-state index contributed by atoms with van der Waals surface area (Å²) in [6.07, 6.45) is 13.0. The first kappa shape index (κ1) is 23.8. The van der Waals surface area contributed by atoms with Gasteiger partial charge >= 0.3 is 0 Å². The van der Waals surface area contributed by atoms with Crippen molar-refractivity contribution in [1.29, 1.82) is 0 Å². The number of ether oxygens (including phenoxy) is 1. The molecule has 3 rings (SSSR count). The van der Waals surface area contributed by atoms with Crippen LogP contribution in [0.4, 0.5) is 0 Å². The molecule has 0 saturated carbocycles. The van der Waals surface area contributed by atoms with Crippen LogP contribution in [0.3, 0.4) is 0 Å². The van der Waals surface area contributed by atoms with Crippen LogP contribution in [-0.4, -0.2) is 31.1 Å². The Morgan fingerprint density at radius 3 is 2.00 bits per heavy atom. The number of aryl methyl sites for hydroxylation is 2. The summed E-state index contributed by atoms with van der Waals surface area (Å²) in [5, 5.41) is 0. The van der Waals surface area contributed by atoms with Gasteiger partial charge in [-0.2, -0.15) is 0 Å². The number of hydrogen-bond donors (Lipinski definition) is 0. The zero-order chi connectivity index (χ0) is 19.3. The number of hydrogen-bond acceptors (Lipinski definition) is 2. The van der Waals surface area contributed by atoms with Crippen LogP contribution < -0.4 is 4.74 Å². The van der Waals surface area contributed by atoms with E-state index >= 15 is 0 Å². The standard InChI is InChI=1S/C26H37NO.ClH/c1(2-8-20-27-21-9-5-10-22-27)3-11-23-28-26-18-16-25(17-19-26)15-14-24-12-6-4-7-13-24;/h4,6-7,12-13,16-19H,1-3,5,8-11,14-15,20-23H2;1H. The molecule has 2 aromatic rings. The number of halogens is 1. The number of likely N-dealkylation sites (tertiary alicyclic amines) is 1. The number of rotatable bonds is 12. The SMILES string of the molecule is Cl.c1ccc(CCc2ccc(OCCCCCCCN3CCCCC3)cc2)cc1. The van der Waals surface area contributed by atoms with Crippen molar-refractivity contribution in [2.45, 2.75) is 64.2 Å². The van der Waals surface area contributed by atoms with Crippen molar-refractivity contribution in [2.24, 2.45) is 0 Å². The Morgan fingerprint density at radius 1 is 0.655 bits per heavy atom. The molecule has 0 bridgehead atoms. The van der Waals surface area contributed by atoms with E-state index in [1.54, 1.807) is 0 Å². The molecule has 1 fully saturated rings. The van der Waals surface area contributed by atoms with Gasteiger partial charge in [-0.05, 0) is 81.4 Å². The molecular weight excluding hydrogens is 378 g/mol. The predicted molar refractivity (Wildman–Crippen MR) is 126 cm³/mol. The Hall–Kier alpha value is -1.51. The lowest BCUT2D eigenvalue weighted by molar-refractivity contribution is 0.223. The fraction of sp³-hybridized carbons (Fsp3) is 0.538. The van der Waals surface area contributed by atoms with Crippen molar-refractivity contribution < 1.29 is 4.74 Å². The maximum Gasteiger partial charge on any atom is 0.119 e. The normalized spacial score (nSPS) is 14.3. The third kappa shape index (κ3) is 9.69. The van der Waals surface area contributed by atoms with Crippen LogP contribution in [0.1, 0.15) is 62.5 Å². The molecule has 29 heavy (non-hydrogen) atoms. The van der Waals surface area contributed by atoms with Crippen molar-refractivity contribution in [2.75, 3.05) is 26.2 Å². The molecule has 1 aliphatic rings. The molecule has 160 valence electrons.